The van der Waals surface area contributed by atoms with Gasteiger partial charge in [-0.2, -0.15) is 0 Å². The third-order valence-corrected chi connectivity index (χ3v) is 4.90. The molecule has 0 spiro atoms. The van der Waals surface area contributed by atoms with Crippen LogP contribution in [0.25, 0.3) is 0 Å². The average Bonchev–Trinajstić information content (AvgIpc) is 2.54. The summed E-state index contributed by atoms with van der Waals surface area (Å²) in [7, 11) is 1.57. The van der Waals surface area contributed by atoms with Gasteiger partial charge >= 0.3 is 0 Å². The number of halogens is 1. The summed E-state index contributed by atoms with van der Waals surface area (Å²) in [5, 5.41) is 3.45. The van der Waals surface area contributed by atoms with Gasteiger partial charge in [-0.25, -0.2) is 0 Å². The van der Waals surface area contributed by atoms with Crippen LogP contribution in [0.3, 0.4) is 0 Å². The molecule has 0 aromatic heterocycles. The first kappa shape index (κ1) is 18.9. The second kappa shape index (κ2) is 8.08. The Morgan fingerprint density at radius 1 is 1.46 bits per heavy atom. The van der Waals surface area contributed by atoms with Crippen LogP contribution in [0.4, 0.5) is 0 Å². The fourth-order valence-electron chi connectivity index (χ4n) is 3.26. The van der Waals surface area contributed by atoms with Crippen molar-refractivity contribution in [2.45, 2.75) is 51.6 Å². The van der Waals surface area contributed by atoms with Gasteiger partial charge in [0.2, 0.25) is 5.91 Å². The summed E-state index contributed by atoms with van der Waals surface area (Å²) in [6.45, 7) is 4.74. The van der Waals surface area contributed by atoms with E-state index in [4.69, 9.17) is 26.8 Å². The molecular formula is C18H27ClN2O3. The van der Waals surface area contributed by atoms with Crippen LogP contribution < -0.4 is 20.5 Å². The van der Waals surface area contributed by atoms with Gasteiger partial charge in [-0.3, -0.25) is 4.79 Å². The fourth-order valence-corrected chi connectivity index (χ4v) is 3.55. The third kappa shape index (κ3) is 4.33. The Hall–Kier alpha value is -1.46. The Morgan fingerprint density at radius 3 is 2.83 bits per heavy atom. The Kier molecular flexibility index (Phi) is 6.35. The van der Waals surface area contributed by atoms with Crippen LogP contribution in [0, 0.1) is 5.92 Å². The molecule has 0 aliphatic heterocycles. The lowest BCUT2D eigenvalue weighted by Crippen LogP contribution is -2.52. The topological polar surface area (TPSA) is 73.6 Å². The van der Waals surface area contributed by atoms with Crippen LogP contribution in [-0.4, -0.2) is 25.2 Å². The lowest BCUT2D eigenvalue weighted by molar-refractivity contribution is -0.128. The molecule has 1 saturated carbocycles. The van der Waals surface area contributed by atoms with Gasteiger partial charge in [-0.1, -0.05) is 24.4 Å². The standard InChI is InChI=1S/C18H27ClN2O3/c1-4-24-16-14(19)9-12(10-15(16)23-3)11-21-17(22)13-7-5-6-8-18(13,2)20/h9-10,13H,4-8,11,20H2,1-3H3,(H,21,22). The van der Waals surface area contributed by atoms with Crippen molar-refractivity contribution in [2.24, 2.45) is 11.7 Å². The van der Waals surface area contributed by atoms with Crippen LogP contribution in [0.2, 0.25) is 5.02 Å². The zero-order valence-corrected chi connectivity index (χ0v) is 15.4. The van der Waals surface area contributed by atoms with E-state index in [2.05, 4.69) is 5.32 Å². The van der Waals surface area contributed by atoms with E-state index in [1.54, 1.807) is 13.2 Å². The zero-order valence-electron chi connectivity index (χ0n) is 14.7. The van der Waals surface area contributed by atoms with Crippen molar-refractivity contribution in [3.63, 3.8) is 0 Å². The van der Waals surface area contributed by atoms with Gasteiger partial charge in [-0.15, -0.1) is 0 Å². The number of hydrogen-bond acceptors (Lipinski definition) is 4. The first-order chi connectivity index (χ1) is 11.4. The van der Waals surface area contributed by atoms with Crippen LogP contribution in [0.15, 0.2) is 12.1 Å². The Balaban J connectivity index is 2.06. The molecule has 5 nitrogen and oxygen atoms in total. The molecule has 0 heterocycles. The molecule has 0 saturated heterocycles. The number of nitrogens with one attached hydrogen (secondary N) is 1. The molecule has 1 aromatic carbocycles. The van der Waals surface area contributed by atoms with Gasteiger partial charge in [0, 0.05) is 12.1 Å². The maximum absolute atomic E-state index is 12.5. The second-order valence-corrected chi connectivity index (χ2v) is 6.97. The number of carbonyl (C=O) groups excluding carboxylic acids is 1. The number of hydrogen-bond donors (Lipinski definition) is 2. The Morgan fingerprint density at radius 2 is 2.21 bits per heavy atom. The third-order valence-electron chi connectivity index (χ3n) is 4.62. The van der Waals surface area contributed by atoms with E-state index in [0.29, 0.717) is 29.7 Å². The predicted octanol–water partition coefficient (Wildman–Crippen LogP) is 3.27. The zero-order chi connectivity index (χ0) is 17.7. The quantitative estimate of drug-likeness (QED) is 0.822. The maximum atomic E-state index is 12.5. The van der Waals surface area contributed by atoms with Gasteiger partial charge in [0.05, 0.1) is 24.7 Å². The number of ether oxygens (including phenoxy) is 2. The normalized spacial score (nSPS) is 23.6. The van der Waals surface area contributed by atoms with E-state index in [-0.39, 0.29) is 11.8 Å². The van der Waals surface area contributed by atoms with Gasteiger partial charge in [0.15, 0.2) is 11.5 Å². The number of benzene rings is 1. The summed E-state index contributed by atoms with van der Waals surface area (Å²) in [6, 6.07) is 3.62. The summed E-state index contributed by atoms with van der Waals surface area (Å²) in [4.78, 5) is 12.5. The van der Waals surface area contributed by atoms with Crippen LogP contribution in [0.1, 0.15) is 45.1 Å². The summed E-state index contributed by atoms with van der Waals surface area (Å²) < 4.78 is 10.8. The smallest absolute Gasteiger partial charge is 0.225 e. The van der Waals surface area contributed by atoms with Crippen molar-refractivity contribution in [1.82, 2.24) is 5.32 Å². The maximum Gasteiger partial charge on any atom is 0.225 e. The number of methoxy groups -OCH3 is 1. The highest BCUT2D eigenvalue weighted by molar-refractivity contribution is 6.32. The van der Waals surface area contributed by atoms with Crippen LogP contribution in [0.5, 0.6) is 11.5 Å². The molecule has 1 aliphatic carbocycles. The number of carbonyl (C=O) groups is 1. The lowest BCUT2D eigenvalue weighted by Gasteiger charge is -2.37. The molecule has 1 aliphatic rings. The second-order valence-electron chi connectivity index (χ2n) is 6.56. The summed E-state index contributed by atoms with van der Waals surface area (Å²) in [5.41, 5.74) is 6.73. The minimum absolute atomic E-state index is 0.00340. The molecule has 6 heteroatoms. The number of amides is 1. The molecule has 0 bridgehead atoms. The van der Waals surface area contributed by atoms with E-state index < -0.39 is 5.54 Å². The molecule has 134 valence electrons. The van der Waals surface area contributed by atoms with Crippen LogP contribution in [-0.2, 0) is 11.3 Å². The van der Waals surface area contributed by atoms with Gasteiger partial charge < -0.3 is 20.5 Å². The summed E-state index contributed by atoms with van der Waals surface area (Å²) >= 11 is 6.26. The van der Waals surface area contributed by atoms with E-state index in [1.807, 2.05) is 19.9 Å². The molecule has 24 heavy (non-hydrogen) atoms. The summed E-state index contributed by atoms with van der Waals surface area (Å²) in [5.74, 6) is 0.948. The first-order valence-corrected chi connectivity index (χ1v) is 8.82. The molecule has 1 aromatic rings. The molecule has 1 fully saturated rings. The Labute approximate surface area is 148 Å². The number of rotatable bonds is 6. The molecular weight excluding hydrogens is 328 g/mol. The highest BCUT2D eigenvalue weighted by Gasteiger charge is 2.37. The lowest BCUT2D eigenvalue weighted by atomic mass is 9.74. The van der Waals surface area contributed by atoms with Crippen molar-refractivity contribution >= 4 is 17.5 Å². The molecule has 2 atom stereocenters. The molecule has 3 N–H and O–H groups in total. The predicted molar refractivity (Wildman–Crippen MR) is 95.6 cm³/mol. The van der Waals surface area contributed by atoms with E-state index in [1.165, 1.54) is 0 Å². The SMILES string of the molecule is CCOc1c(Cl)cc(CNC(=O)C2CCCCC2(C)N)cc1OC. The van der Waals surface area contributed by atoms with Gasteiger partial charge in [-0.05, 0) is 44.4 Å². The van der Waals surface area contributed by atoms with E-state index in [0.717, 1.165) is 31.2 Å². The van der Waals surface area contributed by atoms with Crippen molar-refractivity contribution < 1.29 is 14.3 Å². The van der Waals surface area contributed by atoms with Gasteiger partial charge in [0.1, 0.15) is 0 Å². The monoisotopic (exact) mass is 354 g/mol. The fraction of sp³-hybridized carbons (Fsp3) is 0.611. The Bertz CT molecular complexity index is 590. The van der Waals surface area contributed by atoms with E-state index >= 15 is 0 Å². The van der Waals surface area contributed by atoms with Crippen molar-refractivity contribution in [1.29, 1.82) is 0 Å². The van der Waals surface area contributed by atoms with Crippen LogP contribution >= 0.6 is 11.6 Å². The highest BCUT2D eigenvalue weighted by atomic mass is 35.5. The average molecular weight is 355 g/mol. The molecule has 2 rings (SSSR count). The summed E-state index contributed by atoms with van der Waals surface area (Å²) in [6.07, 6.45) is 3.86. The molecule has 2 unspecified atom stereocenters. The van der Waals surface area contributed by atoms with Crippen molar-refractivity contribution in [3.05, 3.63) is 22.7 Å². The minimum Gasteiger partial charge on any atom is -0.493 e. The van der Waals surface area contributed by atoms with Gasteiger partial charge in [0.25, 0.3) is 0 Å². The molecule has 0 radical (unpaired) electrons. The molecule has 1 amide bonds. The van der Waals surface area contributed by atoms with Crippen molar-refractivity contribution in [2.75, 3.05) is 13.7 Å². The number of nitrogens with two attached hydrogens (primary N) is 1. The minimum atomic E-state index is -0.434. The highest BCUT2D eigenvalue weighted by Crippen LogP contribution is 2.36. The first-order valence-electron chi connectivity index (χ1n) is 8.45. The largest absolute Gasteiger partial charge is 0.493 e. The van der Waals surface area contributed by atoms with Crippen molar-refractivity contribution in [3.8, 4) is 11.5 Å². The van der Waals surface area contributed by atoms with E-state index in [9.17, 15) is 4.79 Å².